The molecule has 3 heteroatoms. The second-order valence-corrected chi connectivity index (χ2v) is 2.18. The summed E-state index contributed by atoms with van der Waals surface area (Å²) >= 11 is 0. The van der Waals surface area contributed by atoms with Crippen LogP contribution in [0.4, 0.5) is 0 Å². The average molecular weight is 142 g/mol. The van der Waals surface area contributed by atoms with Crippen molar-refractivity contribution < 1.29 is 14.3 Å². The van der Waals surface area contributed by atoms with Crippen LogP contribution in [0, 0.1) is 12.5 Å². The van der Waals surface area contributed by atoms with Crippen LogP contribution >= 0.6 is 0 Å². The molecule has 1 atom stereocenters. The fraction of sp³-hybridized carbons (Fsp3) is 0.714. The van der Waals surface area contributed by atoms with Gasteiger partial charge in [-0.25, -0.2) is 0 Å². The van der Waals surface area contributed by atoms with Crippen LogP contribution in [-0.2, 0) is 14.3 Å². The summed E-state index contributed by atoms with van der Waals surface area (Å²) in [7, 11) is 1.37. The number of carbonyl (C=O) groups excluding carboxylic acids is 1. The molecule has 1 heterocycles. The van der Waals surface area contributed by atoms with Crippen molar-refractivity contribution in [2.24, 2.45) is 5.92 Å². The van der Waals surface area contributed by atoms with Gasteiger partial charge in [-0.2, -0.15) is 0 Å². The number of rotatable bonds is 1. The van der Waals surface area contributed by atoms with Gasteiger partial charge in [0, 0.05) is 6.61 Å². The Kier molecular flexibility index (Phi) is 2.68. The molecule has 1 unspecified atom stereocenters. The molecule has 1 fully saturated rings. The van der Waals surface area contributed by atoms with E-state index in [4.69, 9.17) is 4.74 Å². The fourth-order valence-corrected chi connectivity index (χ4v) is 0.886. The van der Waals surface area contributed by atoms with Crippen LogP contribution in [0.1, 0.15) is 12.8 Å². The summed E-state index contributed by atoms with van der Waals surface area (Å²) in [6, 6.07) is 0. The van der Waals surface area contributed by atoms with Crippen LogP contribution in [0.25, 0.3) is 0 Å². The van der Waals surface area contributed by atoms with Crippen LogP contribution in [0.15, 0.2) is 0 Å². The molecule has 0 saturated carbocycles. The highest BCUT2D eigenvalue weighted by atomic mass is 16.5. The average Bonchev–Trinajstić information content (AvgIpc) is 2.05. The van der Waals surface area contributed by atoms with Crippen LogP contribution < -0.4 is 0 Å². The van der Waals surface area contributed by atoms with E-state index in [1.165, 1.54) is 7.11 Å². The normalized spacial score (nSPS) is 25.9. The molecule has 0 aliphatic carbocycles. The monoisotopic (exact) mass is 142 g/mol. The van der Waals surface area contributed by atoms with E-state index in [0.29, 0.717) is 6.61 Å². The van der Waals surface area contributed by atoms with Gasteiger partial charge < -0.3 is 9.47 Å². The summed E-state index contributed by atoms with van der Waals surface area (Å²) in [5.41, 5.74) is 0. The van der Waals surface area contributed by atoms with Crippen molar-refractivity contribution in [2.75, 3.05) is 13.7 Å². The summed E-state index contributed by atoms with van der Waals surface area (Å²) < 4.78 is 9.36. The first kappa shape index (κ1) is 7.54. The zero-order chi connectivity index (χ0) is 7.40. The molecule has 0 bridgehead atoms. The number of ether oxygens (including phenoxy) is 2. The van der Waals surface area contributed by atoms with E-state index >= 15 is 0 Å². The summed E-state index contributed by atoms with van der Waals surface area (Å²) in [5, 5.41) is 0. The summed E-state index contributed by atoms with van der Waals surface area (Å²) in [5.74, 6) is -0.515. The van der Waals surface area contributed by atoms with Gasteiger partial charge in [0.05, 0.1) is 13.0 Å². The Balaban J connectivity index is 2.31. The van der Waals surface area contributed by atoms with E-state index in [0.717, 1.165) is 12.8 Å². The van der Waals surface area contributed by atoms with Gasteiger partial charge >= 0.3 is 5.97 Å². The molecule has 3 nitrogen and oxygen atoms in total. The lowest BCUT2D eigenvalue weighted by atomic mass is 10.0. The molecule has 1 saturated heterocycles. The molecule has 56 valence electrons. The van der Waals surface area contributed by atoms with Crippen molar-refractivity contribution in [1.29, 1.82) is 0 Å². The van der Waals surface area contributed by atoms with Crippen LogP contribution in [0.5, 0.6) is 0 Å². The molecule has 1 rings (SSSR count). The molecule has 0 aromatic rings. The Hall–Kier alpha value is -0.570. The number of carbonyl (C=O) groups is 1. The fourth-order valence-electron chi connectivity index (χ4n) is 0.886. The highest BCUT2D eigenvalue weighted by Gasteiger charge is 2.23. The number of esters is 1. The first-order valence-electron chi connectivity index (χ1n) is 3.29. The van der Waals surface area contributed by atoms with Crippen molar-refractivity contribution in [3.63, 3.8) is 0 Å². The highest BCUT2D eigenvalue weighted by molar-refractivity contribution is 5.73. The van der Waals surface area contributed by atoms with Gasteiger partial charge in [0.25, 0.3) is 0 Å². The molecular formula is C7H10O3. The van der Waals surface area contributed by atoms with Crippen LogP contribution in [0.2, 0.25) is 0 Å². The van der Waals surface area contributed by atoms with Gasteiger partial charge in [-0.3, -0.25) is 4.79 Å². The van der Waals surface area contributed by atoms with Gasteiger partial charge in [-0.05, 0) is 12.8 Å². The van der Waals surface area contributed by atoms with Crippen molar-refractivity contribution >= 4 is 5.97 Å². The second kappa shape index (κ2) is 3.56. The summed E-state index contributed by atoms with van der Waals surface area (Å²) in [4.78, 5) is 10.8. The lowest BCUT2D eigenvalue weighted by Crippen LogP contribution is -2.22. The largest absolute Gasteiger partial charge is 0.469 e. The minimum absolute atomic E-state index is 0.250. The molecular weight excluding hydrogens is 132 g/mol. The van der Waals surface area contributed by atoms with E-state index in [9.17, 15) is 4.79 Å². The quantitative estimate of drug-likeness (QED) is 0.503. The predicted octanol–water partition coefficient (Wildman–Crippen LogP) is 0.625. The Labute approximate surface area is 60.3 Å². The maximum Gasteiger partial charge on any atom is 0.311 e. The van der Waals surface area contributed by atoms with E-state index < -0.39 is 0 Å². The molecule has 0 spiro atoms. The summed E-state index contributed by atoms with van der Waals surface area (Å²) in [6.07, 6.45) is 1.71. The Morgan fingerprint density at radius 1 is 1.80 bits per heavy atom. The third-order valence-corrected chi connectivity index (χ3v) is 1.45. The summed E-state index contributed by atoms with van der Waals surface area (Å²) in [6.45, 7) is 3.27. The lowest BCUT2D eigenvalue weighted by molar-refractivity contribution is -0.147. The van der Waals surface area contributed by atoms with E-state index in [-0.39, 0.29) is 11.9 Å². The zero-order valence-corrected chi connectivity index (χ0v) is 5.92. The van der Waals surface area contributed by atoms with E-state index in [1.54, 1.807) is 0 Å². The van der Waals surface area contributed by atoms with E-state index in [1.807, 2.05) is 0 Å². The maximum absolute atomic E-state index is 10.8. The third kappa shape index (κ3) is 1.70. The smallest absolute Gasteiger partial charge is 0.311 e. The SMILES string of the molecule is COC(=O)C1[C]OCCC1. The van der Waals surface area contributed by atoms with Gasteiger partial charge in [0.1, 0.15) is 6.61 Å². The molecule has 0 amide bonds. The van der Waals surface area contributed by atoms with E-state index in [2.05, 4.69) is 11.3 Å². The van der Waals surface area contributed by atoms with Crippen molar-refractivity contribution in [3.8, 4) is 0 Å². The van der Waals surface area contributed by atoms with Crippen molar-refractivity contribution in [1.82, 2.24) is 0 Å². The Morgan fingerprint density at radius 3 is 3.10 bits per heavy atom. The van der Waals surface area contributed by atoms with Crippen LogP contribution in [-0.4, -0.2) is 19.7 Å². The molecule has 0 aromatic carbocycles. The predicted molar refractivity (Wildman–Crippen MR) is 33.9 cm³/mol. The standard InChI is InChI=1S/C7H10O3/c1-9-7(8)6-3-2-4-10-5-6/h6H,2-4H2,1H3. The molecule has 10 heavy (non-hydrogen) atoms. The molecule has 0 aromatic heterocycles. The van der Waals surface area contributed by atoms with Gasteiger partial charge in [0.2, 0.25) is 0 Å². The van der Waals surface area contributed by atoms with Gasteiger partial charge in [-0.15, -0.1) is 0 Å². The lowest BCUT2D eigenvalue weighted by Gasteiger charge is -2.17. The maximum atomic E-state index is 10.8. The molecule has 2 radical (unpaired) electrons. The van der Waals surface area contributed by atoms with Crippen LogP contribution in [0.3, 0.4) is 0 Å². The van der Waals surface area contributed by atoms with Gasteiger partial charge in [-0.1, -0.05) is 0 Å². The minimum Gasteiger partial charge on any atom is -0.469 e. The minimum atomic E-state index is -0.265. The molecule has 1 aliphatic heterocycles. The molecule has 1 aliphatic rings. The first-order chi connectivity index (χ1) is 4.84. The Morgan fingerprint density at radius 2 is 2.60 bits per heavy atom. The molecule has 0 N–H and O–H groups in total. The van der Waals surface area contributed by atoms with Crippen molar-refractivity contribution in [2.45, 2.75) is 12.8 Å². The Bertz CT molecular complexity index is 116. The zero-order valence-electron chi connectivity index (χ0n) is 5.92. The highest BCUT2D eigenvalue weighted by Crippen LogP contribution is 2.17. The number of hydrogen-bond acceptors (Lipinski definition) is 3. The second-order valence-electron chi connectivity index (χ2n) is 2.18. The first-order valence-corrected chi connectivity index (χ1v) is 3.29. The topological polar surface area (TPSA) is 35.5 Å². The number of methoxy groups -OCH3 is 1. The van der Waals surface area contributed by atoms with Crippen molar-refractivity contribution in [3.05, 3.63) is 6.61 Å². The van der Waals surface area contributed by atoms with Gasteiger partial charge in [0.15, 0.2) is 0 Å². The third-order valence-electron chi connectivity index (χ3n) is 1.45. The number of hydrogen-bond donors (Lipinski definition) is 0.